The first-order valence-corrected chi connectivity index (χ1v) is 7.10. The summed E-state index contributed by atoms with van der Waals surface area (Å²) < 4.78 is 4.67. The van der Waals surface area contributed by atoms with Crippen LogP contribution in [0.2, 0.25) is 0 Å². The number of benzene rings is 1. The van der Waals surface area contributed by atoms with Gasteiger partial charge >= 0.3 is 12.1 Å². The van der Waals surface area contributed by atoms with Gasteiger partial charge in [-0.25, -0.2) is 9.59 Å². The first-order valence-electron chi connectivity index (χ1n) is 7.10. The van der Waals surface area contributed by atoms with E-state index in [1.807, 2.05) is 30.3 Å². The largest absolute Gasteiger partial charge is 0.453 e. The molecule has 1 aromatic carbocycles. The Balaban J connectivity index is 1.69. The Labute approximate surface area is 124 Å². The summed E-state index contributed by atoms with van der Waals surface area (Å²) in [5.41, 5.74) is 1.20. The molecule has 6 nitrogen and oxygen atoms in total. The first-order chi connectivity index (χ1) is 10.2. The van der Waals surface area contributed by atoms with E-state index >= 15 is 0 Å². The number of amides is 3. The van der Waals surface area contributed by atoms with E-state index in [9.17, 15) is 9.59 Å². The fourth-order valence-corrected chi connectivity index (χ4v) is 2.29. The Morgan fingerprint density at radius 3 is 2.33 bits per heavy atom. The maximum Gasteiger partial charge on any atom is 0.409 e. The lowest BCUT2D eigenvalue weighted by Gasteiger charge is -2.33. The molecule has 0 unspecified atom stereocenters. The highest BCUT2D eigenvalue weighted by molar-refractivity contribution is 5.75. The molecule has 0 aromatic heterocycles. The van der Waals surface area contributed by atoms with Gasteiger partial charge in [0.2, 0.25) is 0 Å². The highest BCUT2D eigenvalue weighted by Crippen LogP contribution is 2.04. The van der Waals surface area contributed by atoms with E-state index in [1.54, 1.807) is 9.80 Å². The molecule has 1 N–H and O–H groups in total. The number of methoxy groups -OCH3 is 1. The van der Waals surface area contributed by atoms with Gasteiger partial charge in [0.1, 0.15) is 0 Å². The molecule has 3 amide bonds. The highest BCUT2D eigenvalue weighted by atomic mass is 16.5. The topological polar surface area (TPSA) is 61.9 Å². The van der Waals surface area contributed by atoms with E-state index < -0.39 is 0 Å². The van der Waals surface area contributed by atoms with Crippen molar-refractivity contribution in [2.75, 3.05) is 39.8 Å². The number of rotatable bonds is 3. The Morgan fingerprint density at radius 2 is 1.71 bits per heavy atom. The van der Waals surface area contributed by atoms with Crippen molar-refractivity contribution >= 4 is 12.1 Å². The van der Waals surface area contributed by atoms with Crippen LogP contribution >= 0.6 is 0 Å². The van der Waals surface area contributed by atoms with Gasteiger partial charge in [-0.15, -0.1) is 0 Å². The van der Waals surface area contributed by atoms with E-state index in [0.717, 1.165) is 6.42 Å². The number of nitrogens with zero attached hydrogens (tertiary/aromatic N) is 2. The third-order valence-electron chi connectivity index (χ3n) is 3.53. The van der Waals surface area contributed by atoms with Crippen molar-refractivity contribution in [2.24, 2.45) is 0 Å². The highest BCUT2D eigenvalue weighted by Gasteiger charge is 2.24. The molecule has 2 rings (SSSR count). The summed E-state index contributed by atoms with van der Waals surface area (Å²) in [4.78, 5) is 26.7. The SMILES string of the molecule is COC(=O)N1CCN(C(=O)NCCc2ccccc2)CC1. The molecule has 0 aliphatic carbocycles. The predicted molar refractivity (Wildman–Crippen MR) is 79.1 cm³/mol. The zero-order valence-electron chi connectivity index (χ0n) is 12.2. The van der Waals surface area contributed by atoms with E-state index in [4.69, 9.17) is 0 Å². The molecule has 1 aromatic rings. The lowest BCUT2D eigenvalue weighted by atomic mass is 10.1. The van der Waals surface area contributed by atoms with Gasteiger partial charge in [0.15, 0.2) is 0 Å². The molecule has 1 heterocycles. The Morgan fingerprint density at radius 1 is 1.10 bits per heavy atom. The van der Waals surface area contributed by atoms with Gasteiger partial charge in [0, 0.05) is 32.7 Å². The summed E-state index contributed by atoms with van der Waals surface area (Å²) in [6.45, 7) is 2.70. The molecule has 21 heavy (non-hydrogen) atoms. The normalized spacial score (nSPS) is 14.7. The molecule has 114 valence electrons. The van der Waals surface area contributed by atoms with Crippen LogP contribution in [0, 0.1) is 0 Å². The summed E-state index contributed by atoms with van der Waals surface area (Å²) >= 11 is 0. The standard InChI is InChI=1S/C15H21N3O3/c1-21-15(20)18-11-9-17(10-12-18)14(19)16-8-7-13-5-3-2-4-6-13/h2-6H,7-12H2,1H3,(H,16,19). The minimum Gasteiger partial charge on any atom is -0.453 e. The zero-order chi connectivity index (χ0) is 15.1. The quantitative estimate of drug-likeness (QED) is 0.913. The van der Waals surface area contributed by atoms with Gasteiger partial charge in [-0.1, -0.05) is 30.3 Å². The number of carbonyl (C=O) groups excluding carboxylic acids is 2. The maximum absolute atomic E-state index is 12.0. The molecule has 0 radical (unpaired) electrons. The molecule has 0 spiro atoms. The van der Waals surface area contributed by atoms with Crippen molar-refractivity contribution in [3.63, 3.8) is 0 Å². The Bertz CT molecular complexity index is 470. The summed E-state index contributed by atoms with van der Waals surface area (Å²) in [5, 5.41) is 2.91. The average molecular weight is 291 g/mol. The number of hydrogen-bond donors (Lipinski definition) is 1. The summed E-state index contributed by atoms with van der Waals surface area (Å²) in [5.74, 6) is 0. The van der Waals surface area contributed by atoms with Gasteiger partial charge in [-0.05, 0) is 12.0 Å². The van der Waals surface area contributed by atoms with E-state index in [-0.39, 0.29) is 12.1 Å². The van der Waals surface area contributed by atoms with Crippen molar-refractivity contribution in [3.05, 3.63) is 35.9 Å². The molecular formula is C15H21N3O3. The van der Waals surface area contributed by atoms with Crippen molar-refractivity contribution in [1.29, 1.82) is 0 Å². The molecule has 0 bridgehead atoms. The van der Waals surface area contributed by atoms with Gasteiger partial charge in [0.05, 0.1) is 7.11 Å². The van der Waals surface area contributed by atoms with Gasteiger partial charge in [-0.3, -0.25) is 0 Å². The van der Waals surface area contributed by atoms with Crippen LogP contribution in [0.25, 0.3) is 0 Å². The monoisotopic (exact) mass is 291 g/mol. The number of urea groups is 1. The third-order valence-corrected chi connectivity index (χ3v) is 3.53. The summed E-state index contributed by atoms with van der Waals surface area (Å²) in [6.07, 6.45) is 0.480. The van der Waals surface area contributed by atoms with Crippen LogP contribution < -0.4 is 5.32 Å². The second-order valence-electron chi connectivity index (χ2n) is 4.91. The van der Waals surface area contributed by atoms with Gasteiger partial charge in [0.25, 0.3) is 0 Å². The number of ether oxygens (including phenoxy) is 1. The maximum atomic E-state index is 12.0. The van der Waals surface area contributed by atoms with Crippen LogP contribution in [-0.2, 0) is 11.2 Å². The van der Waals surface area contributed by atoms with Crippen molar-refractivity contribution in [2.45, 2.75) is 6.42 Å². The van der Waals surface area contributed by atoms with Crippen LogP contribution in [0.15, 0.2) is 30.3 Å². The Hall–Kier alpha value is -2.24. The predicted octanol–water partition coefficient (Wildman–Crippen LogP) is 1.32. The third kappa shape index (κ3) is 4.37. The summed E-state index contributed by atoms with van der Waals surface area (Å²) in [7, 11) is 1.37. The molecular weight excluding hydrogens is 270 g/mol. The van der Waals surface area contributed by atoms with Crippen LogP contribution in [0.1, 0.15) is 5.56 Å². The van der Waals surface area contributed by atoms with E-state index in [1.165, 1.54) is 12.7 Å². The molecule has 1 saturated heterocycles. The Kier molecular flexibility index (Phi) is 5.43. The average Bonchev–Trinajstić information content (AvgIpc) is 2.55. The van der Waals surface area contributed by atoms with Gasteiger partial charge < -0.3 is 19.9 Å². The number of piperazine rings is 1. The lowest BCUT2D eigenvalue weighted by molar-refractivity contribution is 0.0971. The van der Waals surface area contributed by atoms with Crippen LogP contribution in [0.4, 0.5) is 9.59 Å². The summed E-state index contributed by atoms with van der Waals surface area (Å²) in [6, 6.07) is 9.97. The smallest absolute Gasteiger partial charge is 0.409 e. The molecule has 0 atom stereocenters. The molecule has 1 fully saturated rings. The lowest BCUT2D eigenvalue weighted by Crippen LogP contribution is -2.53. The minimum atomic E-state index is -0.334. The van der Waals surface area contributed by atoms with Crippen molar-refractivity contribution in [3.8, 4) is 0 Å². The molecule has 0 saturated carbocycles. The van der Waals surface area contributed by atoms with Crippen molar-refractivity contribution in [1.82, 2.24) is 15.1 Å². The molecule has 1 aliphatic rings. The minimum absolute atomic E-state index is 0.0737. The van der Waals surface area contributed by atoms with Crippen LogP contribution in [-0.4, -0.2) is 61.8 Å². The fourth-order valence-electron chi connectivity index (χ4n) is 2.29. The number of hydrogen-bond acceptors (Lipinski definition) is 3. The number of nitrogens with one attached hydrogen (secondary N) is 1. The van der Waals surface area contributed by atoms with Crippen LogP contribution in [0.5, 0.6) is 0 Å². The second kappa shape index (κ2) is 7.52. The zero-order valence-corrected chi connectivity index (χ0v) is 12.2. The first kappa shape index (κ1) is 15.2. The molecule has 1 aliphatic heterocycles. The second-order valence-corrected chi connectivity index (χ2v) is 4.91. The van der Waals surface area contributed by atoms with E-state index in [2.05, 4.69) is 10.1 Å². The fraction of sp³-hybridized carbons (Fsp3) is 0.467. The molecule has 6 heteroatoms. The van der Waals surface area contributed by atoms with Crippen LogP contribution in [0.3, 0.4) is 0 Å². The van der Waals surface area contributed by atoms with Crippen molar-refractivity contribution < 1.29 is 14.3 Å². The number of carbonyl (C=O) groups is 2. The van der Waals surface area contributed by atoms with Gasteiger partial charge in [-0.2, -0.15) is 0 Å². The van der Waals surface area contributed by atoms with E-state index in [0.29, 0.717) is 32.7 Å².